The lowest BCUT2D eigenvalue weighted by Gasteiger charge is -2.16. The van der Waals surface area contributed by atoms with Crippen molar-refractivity contribution in [1.29, 1.82) is 0 Å². The first-order chi connectivity index (χ1) is 9.04. The maximum Gasteiger partial charge on any atom is 0.303 e. The van der Waals surface area contributed by atoms with Gasteiger partial charge in [0.25, 0.3) is 0 Å². The first-order valence-electron chi connectivity index (χ1n) is 6.20. The summed E-state index contributed by atoms with van der Waals surface area (Å²) >= 11 is 0. The molecule has 1 aromatic carbocycles. The van der Waals surface area contributed by atoms with Crippen molar-refractivity contribution in [2.75, 3.05) is 0 Å². The molecule has 2 aromatic rings. The van der Waals surface area contributed by atoms with Crippen LogP contribution in [0, 0.1) is 13.8 Å². The first kappa shape index (κ1) is 13.3. The summed E-state index contributed by atoms with van der Waals surface area (Å²) < 4.78 is 10.5. The Morgan fingerprint density at radius 1 is 1.32 bits per heavy atom. The number of aryl methyl sites for hydroxylation is 2. The Morgan fingerprint density at radius 3 is 2.53 bits per heavy atom. The van der Waals surface area contributed by atoms with Gasteiger partial charge >= 0.3 is 5.97 Å². The lowest BCUT2D eigenvalue weighted by molar-refractivity contribution is -0.146. The molecule has 100 valence electrons. The van der Waals surface area contributed by atoms with Crippen LogP contribution in [0.15, 0.2) is 34.9 Å². The van der Waals surface area contributed by atoms with Gasteiger partial charge in [0.1, 0.15) is 11.9 Å². The fourth-order valence-electron chi connectivity index (χ4n) is 1.90. The molecule has 0 N–H and O–H groups in total. The topological polar surface area (TPSA) is 52.3 Å². The normalized spacial score (nSPS) is 12.2. The van der Waals surface area contributed by atoms with Crippen molar-refractivity contribution in [3.63, 3.8) is 0 Å². The van der Waals surface area contributed by atoms with Crippen molar-refractivity contribution in [2.24, 2.45) is 0 Å². The van der Waals surface area contributed by atoms with Gasteiger partial charge in [-0.25, -0.2) is 0 Å². The second kappa shape index (κ2) is 5.69. The standard InChI is InChI=1S/C15H17NO3/c1-10-4-6-13(7-5-10)15(18-12(3)17)9-14-8-11(2)16-19-14/h4-8,15H,9H2,1-3H3/t15-/m1/s1. The molecule has 0 saturated heterocycles. The van der Waals surface area contributed by atoms with Crippen LogP contribution in [-0.4, -0.2) is 11.1 Å². The summed E-state index contributed by atoms with van der Waals surface area (Å²) in [5, 5.41) is 3.84. The van der Waals surface area contributed by atoms with E-state index in [0.29, 0.717) is 12.2 Å². The summed E-state index contributed by atoms with van der Waals surface area (Å²) in [6.45, 7) is 5.29. The molecule has 0 amide bonds. The van der Waals surface area contributed by atoms with Crippen molar-refractivity contribution in [3.8, 4) is 0 Å². The van der Waals surface area contributed by atoms with Crippen LogP contribution < -0.4 is 0 Å². The van der Waals surface area contributed by atoms with E-state index in [4.69, 9.17) is 9.26 Å². The zero-order chi connectivity index (χ0) is 13.8. The molecule has 0 aliphatic rings. The summed E-state index contributed by atoms with van der Waals surface area (Å²) in [5.41, 5.74) is 2.94. The van der Waals surface area contributed by atoms with Gasteiger partial charge in [-0.3, -0.25) is 4.79 Å². The maximum absolute atomic E-state index is 11.2. The smallest absolute Gasteiger partial charge is 0.303 e. The van der Waals surface area contributed by atoms with Gasteiger partial charge in [-0.2, -0.15) is 0 Å². The van der Waals surface area contributed by atoms with Crippen LogP contribution in [-0.2, 0) is 16.0 Å². The molecule has 0 saturated carbocycles. The molecule has 0 fully saturated rings. The van der Waals surface area contributed by atoms with Gasteiger partial charge in [-0.15, -0.1) is 0 Å². The number of hydrogen-bond donors (Lipinski definition) is 0. The summed E-state index contributed by atoms with van der Waals surface area (Å²) in [6, 6.07) is 9.78. The van der Waals surface area contributed by atoms with E-state index in [2.05, 4.69) is 5.16 Å². The van der Waals surface area contributed by atoms with E-state index >= 15 is 0 Å². The highest BCUT2D eigenvalue weighted by molar-refractivity contribution is 5.66. The van der Waals surface area contributed by atoms with Crippen LogP contribution in [0.25, 0.3) is 0 Å². The number of aromatic nitrogens is 1. The third kappa shape index (κ3) is 3.68. The molecule has 0 aliphatic heterocycles. The van der Waals surface area contributed by atoms with Crippen LogP contribution in [0.4, 0.5) is 0 Å². The van der Waals surface area contributed by atoms with Crippen LogP contribution in [0.2, 0.25) is 0 Å². The van der Waals surface area contributed by atoms with E-state index in [1.165, 1.54) is 12.5 Å². The largest absolute Gasteiger partial charge is 0.457 e. The Morgan fingerprint density at radius 2 is 2.00 bits per heavy atom. The number of nitrogens with zero attached hydrogens (tertiary/aromatic N) is 1. The molecule has 4 heteroatoms. The second-order valence-corrected chi connectivity index (χ2v) is 4.65. The van der Waals surface area contributed by atoms with Crippen LogP contribution >= 0.6 is 0 Å². The Kier molecular flexibility index (Phi) is 4.00. The number of carbonyl (C=O) groups is 1. The molecule has 0 spiro atoms. The van der Waals surface area contributed by atoms with Gasteiger partial charge in [0.15, 0.2) is 0 Å². The quantitative estimate of drug-likeness (QED) is 0.791. The Labute approximate surface area is 112 Å². The lowest BCUT2D eigenvalue weighted by atomic mass is 10.0. The van der Waals surface area contributed by atoms with Gasteiger partial charge in [-0.1, -0.05) is 35.0 Å². The number of esters is 1. The van der Waals surface area contributed by atoms with Gasteiger partial charge in [0.05, 0.1) is 5.69 Å². The minimum absolute atomic E-state index is 0.304. The van der Waals surface area contributed by atoms with Gasteiger partial charge < -0.3 is 9.26 Å². The van der Waals surface area contributed by atoms with Crippen molar-refractivity contribution < 1.29 is 14.1 Å². The summed E-state index contributed by atoms with van der Waals surface area (Å²) in [6.07, 6.45) is 0.147. The highest BCUT2D eigenvalue weighted by Gasteiger charge is 2.18. The van der Waals surface area contributed by atoms with Crippen LogP contribution in [0.1, 0.15) is 35.6 Å². The molecule has 0 bridgehead atoms. The summed E-state index contributed by atoms with van der Waals surface area (Å²) in [5.74, 6) is 0.408. The molecule has 4 nitrogen and oxygen atoms in total. The Balaban J connectivity index is 2.20. The van der Waals surface area contributed by atoms with E-state index < -0.39 is 0 Å². The lowest BCUT2D eigenvalue weighted by Crippen LogP contribution is -2.11. The number of carbonyl (C=O) groups excluding carboxylic acids is 1. The van der Waals surface area contributed by atoms with Gasteiger partial charge in [0.2, 0.25) is 0 Å². The molecular weight excluding hydrogens is 242 g/mol. The number of rotatable bonds is 4. The minimum Gasteiger partial charge on any atom is -0.457 e. The Hall–Kier alpha value is -2.10. The molecule has 1 aromatic heterocycles. The molecular formula is C15H17NO3. The van der Waals surface area contributed by atoms with E-state index in [-0.39, 0.29) is 12.1 Å². The number of benzene rings is 1. The molecule has 19 heavy (non-hydrogen) atoms. The zero-order valence-corrected chi connectivity index (χ0v) is 11.3. The Bertz CT molecular complexity index is 557. The van der Waals surface area contributed by atoms with Crippen molar-refractivity contribution >= 4 is 5.97 Å². The van der Waals surface area contributed by atoms with E-state index in [0.717, 1.165) is 11.3 Å². The summed E-state index contributed by atoms with van der Waals surface area (Å²) in [4.78, 5) is 11.2. The van der Waals surface area contributed by atoms with Crippen LogP contribution in [0.5, 0.6) is 0 Å². The number of hydrogen-bond acceptors (Lipinski definition) is 4. The van der Waals surface area contributed by atoms with E-state index in [1.807, 2.05) is 44.2 Å². The monoisotopic (exact) mass is 259 g/mol. The van der Waals surface area contributed by atoms with Crippen molar-refractivity contribution in [3.05, 3.63) is 52.9 Å². The average molecular weight is 259 g/mol. The maximum atomic E-state index is 11.2. The first-order valence-corrected chi connectivity index (χ1v) is 6.20. The van der Waals surface area contributed by atoms with Gasteiger partial charge in [-0.05, 0) is 19.4 Å². The van der Waals surface area contributed by atoms with Crippen LogP contribution in [0.3, 0.4) is 0 Å². The predicted octanol–water partition coefficient (Wildman–Crippen LogP) is 3.14. The summed E-state index contributed by atoms with van der Waals surface area (Å²) in [7, 11) is 0. The van der Waals surface area contributed by atoms with E-state index in [9.17, 15) is 4.79 Å². The number of ether oxygens (including phenoxy) is 1. The average Bonchev–Trinajstić information content (AvgIpc) is 2.74. The zero-order valence-electron chi connectivity index (χ0n) is 11.3. The highest BCUT2D eigenvalue weighted by Crippen LogP contribution is 2.23. The third-order valence-corrected chi connectivity index (χ3v) is 2.82. The minimum atomic E-state index is -0.342. The third-order valence-electron chi connectivity index (χ3n) is 2.82. The molecule has 0 unspecified atom stereocenters. The predicted molar refractivity (Wildman–Crippen MR) is 70.6 cm³/mol. The fraction of sp³-hybridized carbons (Fsp3) is 0.333. The van der Waals surface area contributed by atoms with Crippen molar-refractivity contribution in [2.45, 2.75) is 33.3 Å². The SMILES string of the molecule is CC(=O)O[C@H](Cc1cc(C)no1)c1ccc(C)cc1. The van der Waals surface area contributed by atoms with Gasteiger partial charge in [0, 0.05) is 19.4 Å². The molecule has 2 rings (SSSR count). The highest BCUT2D eigenvalue weighted by atomic mass is 16.5. The molecule has 1 heterocycles. The second-order valence-electron chi connectivity index (χ2n) is 4.65. The molecule has 0 aliphatic carbocycles. The van der Waals surface area contributed by atoms with E-state index in [1.54, 1.807) is 0 Å². The molecule has 0 radical (unpaired) electrons. The molecule has 1 atom stereocenters. The van der Waals surface area contributed by atoms with Crippen molar-refractivity contribution in [1.82, 2.24) is 5.16 Å². The fourth-order valence-corrected chi connectivity index (χ4v) is 1.90.